The second-order valence-corrected chi connectivity index (χ2v) is 4.07. The Balaban J connectivity index is 2.35. The molecule has 21 heavy (non-hydrogen) atoms. The van der Waals surface area contributed by atoms with E-state index in [0.717, 1.165) is 12.1 Å². The third-order valence-corrected chi connectivity index (χ3v) is 2.64. The van der Waals surface area contributed by atoms with Gasteiger partial charge in [0.25, 0.3) is 0 Å². The molecule has 0 saturated carbocycles. The van der Waals surface area contributed by atoms with Gasteiger partial charge in [0.15, 0.2) is 17.3 Å². The zero-order valence-electron chi connectivity index (χ0n) is 10.7. The summed E-state index contributed by atoms with van der Waals surface area (Å²) in [6.45, 7) is -3.45. The Morgan fingerprint density at radius 2 is 1.81 bits per heavy atom. The Hall–Kier alpha value is -2.41. The maximum atomic E-state index is 13.4. The molecule has 0 aromatic heterocycles. The van der Waals surface area contributed by atoms with E-state index in [1.54, 1.807) is 24.3 Å². The molecule has 3 N–H and O–H groups in total. The molecule has 4 nitrogen and oxygen atoms in total. The molecule has 2 aromatic carbocycles. The van der Waals surface area contributed by atoms with E-state index in [9.17, 15) is 18.3 Å². The molecule has 0 saturated heterocycles. The van der Waals surface area contributed by atoms with Crippen LogP contribution < -0.4 is 15.2 Å². The van der Waals surface area contributed by atoms with Crippen molar-refractivity contribution in [3.8, 4) is 17.2 Å². The van der Waals surface area contributed by atoms with E-state index in [4.69, 9.17) is 10.5 Å². The molecule has 7 heteroatoms. The molecule has 112 valence electrons. The zero-order valence-corrected chi connectivity index (χ0v) is 10.7. The highest BCUT2D eigenvalue weighted by molar-refractivity contribution is 5.58. The molecule has 2 rings (SSSR count). The van der Waals surface area contributed by atoms with E-state index >= 15 is 0 Å². The number of rotatable bonds is 5. The van der Waals surface area contributed by atoms with Gasteiger partial charge in [0.05, 0.1) is 12.3 Å². The van der Waals surface area contributed by atoms with Gasteiger partial charge >= 0.3 is 6.61 Å². The molecule has 0 amide bonds. The van der Waals surface area contributed by atoms with Gasteiger partial charge in [0.2, 0.25) is 0 Å². The van der Waals surface area contributed by atoms with Crippen LogP contribution >= 0.6 is 0 Å². The fraction of sp³-hybridized carbons (Fsp3) is 0.143. The first-order chi connectivity index (χ1) is 10.0. The highest BCUT2D eigenvalue weighted by atomic mass is 19.3. The van der Waals surface area contributed by atoms with Gasteiger partial charge in [-0.2, -0.15) is 8.78 Å². The molecule has 0 aliphatic heterocycles. The summed E-state index contributed by atoms with van der Waals surface area (Å²) in [7, 11) is 0. The van der Waals surface area contributed by atoms with Crippen molar-refractivity contribution in [2.45, 2.75) is 13.2 Å². The normalized spacial score (nSPS) is 10.7. The summed E-state index contributed by atoms with van der Waals surface area (Å²) in [5, 5.41) is 9.19. The Morgan fingerprint density at radius 1 is 1.10 bits per heavy atom. The second-order valence-electron chi connectivity index (χ2n) is 4.07. The number of alkyl halides is 2. The topological polar surface area (TPSA) is 64.7 Å². The summed E-state index contributed by atoms with van der Waals surface area (Å²) >= 11 is 0. The van der Waals surface area contributed by atoms with Gasteiger partial charge in [-0.05, 0) is 6.07 Å². The summed E-state index contributed by atoms with van der Waals surface area (Å²) in [5.41, 5.74) is 5.98. The Kier molecular flexibility index (Phi) is 4.54. The average Bonchev–Trinajstić information content (AvgIpc) is 2.44. The molecular formula is C14H12F3NO3. The minimum absolute atomic E-state index is 0.0482. The maximum Gasteiger partial charge on any atom is 0.387 e. The molecule has 0 spiro atoms. The molecule has 0 aliphatic rings. The largest absolute Gasteiger partial charge is 0.455 e. The van der Waals surface area contributed by atoms with Crippen molar-refractivity contribution in [1.29, 1.82) is 0 Å². The smallest absolute Gasteiger partial charge is 0.387 e. The lowest BCUT2D eigenvalue weighted by molar-refractivity contribution is -0.0522. The van der Waals surface area contributed by atoms with Gasteiger partial charge in [-0.1, -0.05) is 18.2 Å². The zero-order chi connectivity index (χ0) is 15.4. The first-order valence-electron chi connectivity index (χ1n) is 5.91. The molecule has 0 radical (unpaired) electrons. The van der Waals surface area contributed by atoms with Crippen molar-refractivity contribution in [2.24, 2.45) is 0 Å². The molecule has 0 heterocycles. The molecule has 0 unspecified atom stereocenters. The molecule has 0 atom stereocenters. The third-order valence-electron chi connectivity index (χ3n) is 2.64. The number of hydrogen-bond donors (Lipinski definition) is 2. The van der Waals surface area contributed by atoms with Crippen molar-refractivity contribution in [2.75, 3.05) is 5.73 Å². The van der Waals surface area contributed by atoms with Gasteiger partial charge in [-0.25, -0.2) is 4.39 Å². The fourth-order valence-electron chi connectivity index (χ4n) is 1.68. The van der Waals surface area contributed by atoms with Gasteiger partial charge in [0, 0.05) is 17.7 Å². The quantitative estimate of drug-likeness (QED) is 0.831. The predicted molar refractivity (Wildman–Crippen MR) is 69.9 cm³/mol. The number of anilines is 1. The van der Waals surface area contributed by atoms with E-state index in [1.165, 1.54) is 0 Å². The molecule has 0 fully saturated rings. The fourth-order valence-corrected chi connectivity index (χ4v) is 1.68. The molecule has 0 aliphatic carbocycles. The molecule has 2 aromatic rings. The van der Waals surface area contributed by atoms with Crippen LogP contribution in [0.5, 0.6) is 17.2 Å². The highest BCUT2D eigenvalue weighted by Crippen LogP contribution is 2.35. The van der Waals surface area contributed by atoms with Crippen LogP contribution in [-0.4, -0.2) is 11.7 Å². The van der Waals surface area contributed by atoms with E-state index in [-0.39, 0.29) is 23.8 Å². The monoisotopic (exact) mass is 299 g/mol. The lowest BCUT2D eigenvalue weighted by atomic mass is 10.2. The summed E-state index contributed by atoms with van der Waals surface area (Å²) in [4.78, 5) is 0. The Bertz CT molecular complexity index is 635. The van der Waals surface area contributed by atoms with Crippen molar-refractivity contribution < 1.29 is 27.8 Å². The van der Waals surface area contributed by atoms with Crippen LogP contribution in [0, 0.1) is 5.82 Å². The van der Waals surface area contributed by atoms with Crippen LogP contribution in [-0.2, 0) is 6.61 Å². The van der Waals surface area contributed by atoms with Gasteiger partial charge in [-0.15, -0.1) is 0 Å². The summed E-state index contributed by atoms with van der Waals surface area (Å²) < 4.78 is 47.3. The van der Waals surface area contributed by atoms with Crippen molar-refractivity contribution >= 4 is 5.69 Å². The van der Waals surface area contributed by atoms with E-state index in [0.29, 0.717) is 5.56 Å². The van der Waals surface area contributed by atoms with E-state index in [1.807, 2.05) is 0 Å². The number of halogens is 3. The van der Waals surface area contributed by atoms with Gasteiger partial charge in [-0.3, -0.25) is 0 Å². The molecule has 0 bridgehead atoms. The minimum atomic E-state index is -3.17. The number of nitrogen functional groups attached to an aromatic ring is 1. The van der Waals surface area contributed by atoms with Crippen molar-refractivity contribution in [3.05, 3.63) is 47.8 Å². The van der Waals surface area contributed by atoms with Crippen LogP contribution in [0.25, 0.3) is 0 Å². The van der Waals surface area contributed by atoms with E-state index in [2.05, 4.69) is 4.74 Å². The predicted octanol–water partition coefficient (Wildman–Crippen LogP) is 3.29. The minimum Gasteiger partial charge on any atom is -0.455 e. The van der Waals surface area contributed by atoms with Crippen molar-refractivity contribution in [3.63, 3.8) is 0 Å². The first kappa shape index (κ1) is 15.0. The van der Waals surface area contributed by atoms with Gasteiger partial charge in [0.1, 0.15) is 5.75 Å². The SMILES string of the molecule is Nc1cc(F)c(OC(F)F)cc1Oc1ccccc1CO. The van der Waals surface area contributed by atoms with Crippen LogP contribution in [0.1, 0.15) is 5.56 Å². The summed E-state index contributed by atoms with van der Waals surface area (Å²) in [6.07, 6.45) is 0. The van der Waals surface area contributed by atoms with E-state index < -0.39 is 18.2 Å². The first-order valence-corrected chi connectivity index (χ1v) is 5.91. The van der Waals surface area contributed by atoms with Crippen LogP contribution in [0.15, 0.2) is 36.4 Å². The summed E-state index contributed by atoms with van der Waals surface area (Å²) in [5.74, 6) is -1.46. The Labute approximate surface area is 118 Å². The number of nitrogens with two attached hydrogens (primary N) is 1. The maximum absolute atomic E-state index is 13.4. The van der Waals surface area contributed by atoms with Crippen LogP contribution in [0.4, 0.5) is 18.9 Å². The van der Waals surface area contributed by atoms with Gasteiger partial charge < -0.3 is 20.3 Å². The lowest BCUT2D eigenvalue weighted by Crippen LogP contribution is -2.05. The number of ether oxygens (including phenoxy) is 2. The summed E-state index contributed by atoms with van der Waals surface area (Å²) in [6, 6.07) is 8.29. The average molecular weight is 299 g/mol. The molecular weight excluding hydrogens is 287 g/mol. The second kappa shape index (κ2) is 6.36. The third kappa shape index (κ3) is 3.57. The number of hydrogen-bond acceptors (Lipinski definition) is 4. The Morgan fingerprint density at radius 3 is 2.48 bits per heavy atom. The number of aliphatic hydroxyl groups excluding tert-OH is 1. The highest BCUT2D eigenvalue weighted by Gasteiger charge is 2.15. The number of benzene rings is 2. The lowest BCUT2D eigenvalue weighted by Gasteiger charge is -2.13. The van der Waals surface area contributed by atoms with Crippen LogP contribution in [0.2, 0.25) is 0 Å². The number of aliphatic hydroxyl groups is 1. The van der Waals surface area contributed by atoms with Crippen molar-refractivity contribution in [1.82, 2.24) is 0 Å². The standard InChI is InChI=1S/C14H12F3NO3/c15-9-5-10(18)13(6-12(9)21-14(16)17)20-11-4-2-1-3-8(11)7-19/h1-6,14,19H,7,18H2. The number of para-hydroxylation sites is 1. The van der Waals surface area contributed by atoms with Crippen LogP contribution in [0.3, 0.4) is 0 Å².